The number of hydrogen-bond donors (Lipinski definition) is 1. The second kappa shape index (κ2) is 6.20. The van der Waals surface area contributed by atoms with E-state index in [9.17, 15) is 14.7 Å². The predicted octanol–water partition coefficient (Wildman–Crippen LogP) is 2.03. The van der Waals surface area contributed by atoms with E-state index in [0.29, 0.717) is 24.1 Å². The van der Waals surface area contributed by atoms with Crippen molar-refractivity contribution in [3.63, 3.8) is 0 Å². The van der Waals surface area contributed by atoms with Gasteiger partial charge in [-0.15, -0.1) is 0 Å². The van der Waals surface area contributed by atoms with E-state index < -0.39 is 12.0 Å². The molecule has 0 aliphatic carbocycles. The summed E-state index contributed by atoms with van der Waals surface area (Å²) in [6, 6.07) is 7.53. The summed E-state index contributed by atoms with van der Waals surface area (Å²) >= 11 is 0. The lowest BCUT2D eigenvalue weighted by Gasteiger charge is -2.27. The molecule has 5 nitrogen and oxygen atoms in total. The average Bonchev–Trinajstić information content (AvgIpc) is 2.72. The molecular weight excluding hydrogens is 256 g/mol. The number of carboxylic acids is 1. The second-order valence-corrected chi connectivity index (χ2v) is 4.89. The number of carboxylic acid groups (broad SMARTS) is 1. The lowest BCUT2D eigenvalue weighted by molar-refractivity contribution is -0.142. The summed E-state index contributed by atoms with van der Waals surface area (Å²) in [5.41, 5.74) is 0.907. The van der Waals surface area contributed by atoms with E-state index in [4.69, 9.17) is 5.26 Å². The Kier molecular flexibility index (Phi) is 4.36. The number of rotatable bonds is 2. The van der Waals surface area contributed by atoms with E-state index in [0.717, 1.165) is 19.3 Å². The van der Waals surface area contributed by atoms with Crippen LogP contribution in [0.25, 0.3) is 0 Å². The Balaban J connectivity index is 2.23. The zero-order valence-corrected chi connectivity index (χ0v) is 11.1. The smallest absolute Gasteiger partial charge is 0.326 e. The number of aliphatic carboxylic acids is 1. The summed E-state index contributed by atoms with van der Waals surface area (Å²) < 4.78 is 0. The van der Waals surface area contributed by atoms with Gasteiger partial charge >= 0.3 is 5.97 Å². The first-order valence-electron chi connectivity index (χ1n) is 6.67. The quantitative estimate of drug-likeness (QED) is 0.893. The molecule has 1 aliphatic heterocycles. The fourth-order valence-electron chi connectivity index (χ4n) is 2.46. The van der Waals surface area contributed by atoms with Gasteiger partial charge in [-0.05, 0) is 37.1 Å². The topological polar surface area (TPSA) is 81.4 Å². The molecule has 1 aliphatic rings. The van der Waals surface area contributed by atoms with Crippen molar-refractivity contribution in [2.75, 3.05) is 6.54 Å². The molecule has 0 spiro atoms. The van der Waals surface area contributed by atoms with E-state index in [-0.39, 0.29) is 5.91 Å². The Labute approximate surface area is 117 Å². The number of nitrogens with zero attached hydrogens (tertiary/aromatic N) is 2. The first-order chi connectivity index (χ1) is 9.63. The number of hydrogen-bond acceptors (Lipinski definition) is 3. The normalized spacial score (nSPS) is 18.9. The number of amides is 1. The maximum Gasteiger partial charge on any atom is 0.326 e. The zero-order valence-electron chi connectivity index (χ0n) is 11.1. The number of likely N-dealkylation sites (tertiary alicyclic amines) is 1. The molecule has 1 heterocycles. The van der Waals surface area contributed by atoms with Gasteiger partial charge in [-0.2, -0.15) is 5.26 Å². The van der Waals surface area contributed by atoms with Crippen molar-refractivity contribution in [1.82, 2.24) is 4.90 Å². The van der Waals surface area contributed by atoms with Crippen LogP contribution in [-0.4, -0.2) is 34.5 Å². The summed E-state index contributed by atoms with van der Waals surface area (Å²) in [5.74, 6) is -1.22. The minimum atomic E-state index is -0.950. The van der Waals surface area contributed by atoms with Gasteiger partial charge in [0.15, 0.2) is 0 Å². The Morgan fingerprint density at radius 1 is 1.20 bits per heavy atom. The number of carbonyl (C=O) groups excluding carboxylic acids is 1. The summed E-state index contributed by atoms with van der Waals surface area (Å²) in [7, 11) is 0. The van der Waals surface area contributed by atoms with Gasteiger partial charge in [-0.3, -0.25) is 4.79 Å². The first-order valence-corrected chi connectivity index (χ1v) is 6.67. The van der Waals surface area contributed by atoms with Crippen molar-refractivity contribution in [2.24, 2.45) is 0 Å². The van der Waals surface area contributed by atoms with Gasteiger partial charge in [0, 0.05) is 12.1 Å². The van der Waals surface area contributed by atoms with Gasteiger partial charge < -0.3 is 10.0 Å². The van der Waals surface area contributed by atoms with Crippen molar-refractivity contribution < 1.29 is 14.7 Å². The van der Waals surface area contributed by atoms with Crippen LogP contribution >= 0.6 is 0 Å². The SMILES string of the molecule is N#Cc1ccc(C(=O)N2CCCCCC2C(=O)O)cc1. The van der Waals surface area contributed by atoms with Crippen LogP contribution in [-0.2, 0) is 4.79 Å². The van der Waals surface area contributed by atoms with Gasteiger partial charge in [0.05, 0.1) is 11.6 Å². The third-order valence-electron chi connectivity index (χ3n) is 3.56. The van der Waals surface area contributed by atoms with Crippen molar-refractivity contribution >= 4 is 11.9 Å². The Hall–Kier alpha value is -2.35. The summed E-state index contributed by atoms with van der Waals surface area (Å²) in [6.45, 7) is 0.468. The number of benzene rings is 1. The van der Waals surface area contributed by atoms with Crippen LogP contribution in [0.3, 0.4) is 0 Å². The molecule has 0 aromatic heterocycles. The van der Waals surface area contributed by atoms with Crippen LogP contribution in [0.2, 0.25) is 0 Å². The largest absolute Gasteiger partial charge is 0.480 e. The van der Waals surface area contributed by atoms with Crippen LogP contribution in [0.1, 0.15) is 41.6 Å². The van der Waals surface area contributed by atoms with Crippen molar-refractivity contribution in [3.05, 3.63) is 35.4 Å². The highest BCUT2D eigenvalue weighted by Gasteiger charge is 2.31. The highest BCUT2D eigenvalue weighted by atomic mass is 16.4. The van der Waals surface area contributed by atoms with E-state index in [2.05, 4.69) is 0 Å². The van der Waals surface area contributed by atoms with E-state index >= 15 is 0 Å². The highest BCUT2D eigenvalue weighted by molar-refractivity contribution is 5.96. The zero-order chi connectivity index (χ0) is 14.5. The van der Waals surface area contributed by atoms with E-state index in [1.807, 2.05) is 6.07 Å². The Morgan fingerprint density at radius 2 is 1.90 bits per heavy atom. The van der Waals surface area contributed by atoms with Gasteiger partial charge in [0.25, 0.3) is 5.91 Å². The molecule has 1 atom stereocenters. The van der Waals surface area contributed by atoms with Crippen molar-refractivity contribution in [2.45, 2.75) is 31.7 Å². The van der Waals surface area contributed by atoms with Gasteiger partial charge in [-0.25, -0.2) is 4.79 Å². The number of carbonyl (C=O) groups is 2. The molecule has 5 heteroatoms. The standard InChI is InChI=1S/C15H16N2O3/c16-10-11-5-7-12(8-6-11)14(18)17-9-3-1-2-4-13(17)15(19)20/h5-8,13H,1-4,9H2,(H,19,20). The predicted molar refractivity (Wildman–Crippen MR) is 72.1 cm³/mol. The molecule has 0 radical (unpaired) electrons. The molecule has 20 heavy (non-hydrogen) atoms. The fourth-order valence-corrected chi connectivity index (χ4v) is 2.46. The third-order valence-corrected chi connectivity index (χ3v) is 3.56. The fraction of sp³-hybridized carbons (Fsp3) is 0.400. The molecule has 2 rings (SSSR count). The van der Waals surface area contributed by atoms with Crippen LogP contribution in [0.5, 0.6) is 0 Å². The summed E-state index contributed by atoms with van der Waals surface area (Å²) in [6.07, 6.45) is 3.10. The van der Waals surface area contributed by atoms with Crippen LogP contribution in [0, 0.1) is 11.3 Å². The number of nitriles is 1. The lowest BCUT2D eigenvalue weighted by Crippen LogP contribution is -2.44. The third kappa shape index (κ3) is 2.97. The minimum Gasteiger partial charge on any atom is -0.480 e. The molecule has 1 aromatic carbocycles. The molecule has 1 fully saturated rings. The van der Waals surface area contributed by atoms with Gasteiger partial charge in [0.2, 0.25) is 0 Å². The summed E-state index contributed by atoms with van der Waals surface area (Å²) in [5, 5.41) is 18.0. The molecule has 104 valence electrons. The molecular formula is C15H16N2O3. The van der Waals surface area contributed by atoms with E-state index in [1.54, 1.807) is 24.3 Å². The Morgan fingerprint density at radius 3 is 2.50 bits per heavy atom. The first kappa shape index (κ1) is 14.1. The maximum absolute atomic E-state index is 12.4. The molecule has 1 aromatic rings. The average molecular weight is 272 g/mol. The molecule has 0 bridgehead atoms. The van der Waals surface area contributed by atoms with Gasteiger partial charge in [0.1, 0.15) is 6.04 Å². The summed E-state index contributed by atoms with van der Waals surface area (Å²) in [4.78, 5) is 25.2. The second-order valence-electron chi connectivity index (χ2n) is 4.89. The molecule has 1 N–H and O–H groups in total. The van der Waals surface area contributed by atoms with Crippen LogP contribution in [0.15, 0.2) is 24.3 Å². The Bertz CT molecular complexity index is 545. The minimum absolute atomic E-state index is 0.274. The monoisotopic (exact) mass is 272 g/mol. The highest BCUT2D eigenvalue weighted by Crippen LogP contribution is 2.20. The maximum atomic E-state index is 12.4. The molecule has 0 saturated carbocycles. The van der Waals surface area contributed by atoms with Crippen LogP contribution < -0.4 is 0 Å². The van der Waals surface area contributed by atoms with Crippen molar-refractivity contribution in [1.29, 1.82) is 5.26 Å². The van der Waals surface area contributed by atoms with Crippen molar-refractivity contribution in [3.8, 4) is 6.07 Å². The molecule has 1 amide bonds. The van der Waals surface area contributed by atoms with Crippen LogP contribution in [0.4, 0.5) is 0 Å². The van der Waals surface area contributed by atoms with E-state index in [1.165, 1.54) is 4.90 Å². The molecule has 1 saturated heterocycles. The molecule has 1 unspecified atom stereocenters. The van der Waals surface area contributed by atoms with Gasteiger partial charge in [-0.1, -0.05) is 12.8 Å². The lowest BCUT2D eigenvalue weighted by atomic mass is 10.1.